The maximum Gasteiger partial charge on any atom is 0.240 e. The molecule has 0 fully saturated rings. The first-order chi connectivity index (χ1) is 17.5. The van der Waals surface area contributed by atoms with E-state index < -0.39 is 0 Å². The van der Waals surface area contributed by atoms with Crippen LogP contribution in [0.3, 0.4) is 0 Å². The highest BCUT2D eigenvalue weighted by Gasteiger charge is 2.25. The van der Waals surface area contributed by atoms with Gasteiger partial charge in [0.1, 0.15) is 5.82 Å². The minimum atomic E-state index is -0.0506. The standard InChI is InChI=1S/C30H29N5O/c1-4-5-14-27-32-30-20(3)22(29-19(2)17-28(36)33-34-29)15-16-26(30)35(27)25-13-9-8-12-24(25)23-11-7-6-10-21(23)18-31/h6-13,15-16,19H,4-5,14,17H2,1-3H3,(H,33,36). The second-order valence-electron chi connectivity index (χ2n) is 9.38. The Hall–Kier alpha value is -4.24. The molecule has 36 heavy (non-hydrogen) atoms. The molecule has 6 nitrogen and oxygen atoms in total. The van der Waals surface area contributed by atoms with Gasteiger partial charge in [-0.1, -0.05) is 62.7 Å². The van der Waals surface area contributed by atoms with Gasteiger partial charge in [0, 0.05) is 35.4 Å². The summed E-state index contributed by atoms with van der Waals surface area (Å²) in [6.07, 6.45) is 3.38. The molecule has 1 aliphatic heterocycles. The van der Waals surface area contributed by atoms with E-state index in [1.54, 1.807) is 0 Å². The van der Waals surface area contributed by atoms with Gasteiger partial charge in [0.15, 0.2) is 0 Å². The number of fused-ring (bicyclic) bond motifs is 1. The largest absolute Gasteiger partial charge is 0.296 e. The number of hydrogen-bond acceptors (Lipinski definition) is 4. The number of aromatic nitrogens is 2. The first-order valence-corrected chi connectivity index (χ1v) is 12.5. The molecule has 0 saturated heterocycles. The van der Waals surface area contributed by atoms with Crippen LogP contribution in [0, 0.1) is 24.2 Å². The van der Waals surface area contributed by atoms with Crippen LogP contribution in [-0.4, -0.2) is 21.2 Å². The van der Waals surface area contributed by atoms with Crippen molar-refractivity contribution in [3.05, 3.63) is 83.2 Å². The van der Waals surface area contributed by atoms with E-state index in [0.29, 0.717) is 12.0 Å². The van der Waals surface area contributed by atoms with Gasteiger partial charge in [0.25, 0.3) is 0 Å². The molecule has 6 heteroatoms. The second-order valence-corrected chi connectivity index (χ2v) is 9.38. The molecule has 2 heterocycles. The number of unbranched alkanes of at least 4 members (excludes halogenated alkanes) is 1. The number of amides is 1. The topological polar surface area (TPSA) is 83.1 Å². The molecule has 0 aliphatic carbocycles. The van der Waals surface area contributed by atoms with E-state index in [9.17, 15) is 10.1 Å². The Morgan fingerprint density at radius 1 is 1.06 bits per heavy atom. The van der Waals surface area contributed by atoms with Crippen LogP contribution in [0.5, 0.6) is 0 Å². The number of hydrogen-bond donors (Lipinski definition) is 1. The SMILES string of the molecule is CCCCc1nc2c(C)c(C3=NNC(=O)CC3C)ccc2n1-c1ccccc1-c1ccccc1C#N. The van der Waals surface area contributed by atoms with Gasteiger partial charge in [-0.25, -0.2) is 10.4 Å². The molecule has 1 aromatic heterocycles. The second kappa shape index (κ2) is 9.79. The molecule has 0 spiro atoms. The molecule has 5 rings (SSSR count). The van der Waals surface area contributed by atoms with Gasteiger partial charge in [-0.15, -0.1) is 0 Å². The lowest BCUT2D eigenvalue weighted by atomic mass is 9.91. The summed E-state index contributed by atoms with van der Waals surface area (Å²) in [5.41, 5.74) is 11.1. The van der Waals surface area contributed by atoms with Crippen molar-refractivity contribution in [1.29, 1.82) is 5.26 Å². The Balaban J connectivity index is 1.74. The van der Waals surface area contributed by atoms with E-state index in [4.69, 9.17) is 4.98 Å². The predicted octanol–water partition coefficient (Wildman–Crippen LogP) is 6.08. The first-order valence-electron chi connectivity index (χ1n) is 12.5. The van der Waals surface area contributed by atoms with Crippen LogP contribution >= 0.6 is 0 Å². The smallest absolute Gasteiger partial charge is 0.240 e. The quantitative estimate of drug-likeness (QED) is 0.367. The molecule has 3 aromatic carbocycles. The van der Waals surface area contributed by atoms with Crippen LogP contribution in [0.4, 0.5) is 0 Å². The number of aryl methyl sites for hydroxylation is 2. The Morgan fingerprint density at radius 2 is 1.81 bits per heavy atom. The highest BCUT2D eigenvalue weighted by atomic mass is 16.2. The summed E-state index contributed by atoms with van der Waals surface area (Å²) < 4.78 is 2.25. The lowest BCUT2D eigenvalue weighted by Crippen LogP contribution is -2.32. The Bertz CT molecular complexity index is 1540. The van der Waals surface area contributed by atoms with Crippen LogP contribution in [0.2, 0.25) is 0 Å². The third-order valence-electron chi connectivity index (χ3n) is 6.92. The van der Waals surface area contributed by atoms with Crippen molar-refractivity contribution >= 4 is 22.7 Å². The van der Waals surface area contributed by atoms with Crippen molar-refractivity contribution in [2.24, 2.45) is 11.0 Å². The zero-order valence-electron chi connectivity index (χ0n) is 20.9. The monoisotopic (exact) mass is 475 g/mol. The summed E-state index contributed by atoms with van der Waals surface area (Å²) in [6, 6.07) is 22.5. The number of para-hydroxylation sites is 1. The number of benzene rings is 3. The van der Waals surface area contributed by atoms with Crippen molar-refractivity contribution in [2.45, 2.75) is 46.5 Å². The molecular formula is C30H29N5O. The molecule has 0 radical (unpaired) electrons. The Kier molecular flexibility index (Phi) is 6.39. The molecule has 0 saturated carbocycles. The number of rotatable bonds is 6. The van der Waals surface area contributed by atoms with E-state index in [-0.39, 0.29) is 11.8 Å². The van der Waals surface area contributed by atoms with Crippen molar-refractivity contribution in [1.82, 2.24) is 15.0 Å². The van der Waals surface area contributed by atoms with Crippen LogP contribution in [0.1, 0.15) is 55.6 Å². The summed E-state index contributed by atoms with van der Waals surface area (Å²) in [5, 5.41) is 14.2. The van der Waals surface area contributed by atoms with Gasteiger partial charge in [0.05, 0.1) is 34.1 Å². The Morgan fingerprint density at radius 3 is 2.56 bits per heavy atom. The average molecular weight is 476 g/mol. The van der Waals surface area contributed by atoms with Crippen molar-refractivity contribution in [3.63, 3.8) is 0 Å². The molecule has 0 bridgehead atoms. The van der Waals surface area contributed by atoms with Gasteiger partial charge >= 0.3 is 0 Å². The van der Waals surface area contributed by atoms with E-state index >= 15 is 0 Å². The molecule has 1 amide bonds. The fourth-order valence-corrected chi connectivity index (χ4v) is 5.07. The molecular weight excluding hydrogens is 446 g/mol. The molecule has 1 aliphatic rings. The third kappa shape index (κ3) is 4.07. The highest BCUT2D eigenvalue weighted by Crippen LogP contribution is 2.34. The molecule has 1 N–H and O–H groups in total. The third-order valence-corrected chi connectivity index (χ3v) is 6.92. The van der Waals surface area contributed by atoms with Crippen LogP contribution in [0.25, 0.3) is 27.8 Å². The lowest BCUT2D eigenvalue weighted by Gasteiger charge is -2.20. The number of nitrogens with zero attached hydrogens (tertiary/aromatic N) is 4. The van der Waals surface area contributed by atoms with Crippen LogP contribution < -0.4 is 5.43 Å². The number of nitriles is 1. The average Bonchev–Trinajstić information content (AvgIpc) is 3.27. The zero-order valence-corrected chi connectivity index (χ0v) is 20.9. The number of carbonyl (C=O) groups excluding carboxylic acids is 1. The number of carbonyl (C=O) groups is 1. The van der Waals surface area contributed by atoms with Crippen LogP contribution in [-0.2, 0) is 11.2 Å². The highest BCUT2D eigenvalue weighted by molar-refractivity contribution is 6.09. The van der Waals surface area contributed by atoms with Gasteiger partial charge in [0.2, 0.25) is 5.91 Å². The zero-order chi connectivity index (χ0) is 25.2. The van der Waals surface area contributed by atoms with Crippen molar-refractivity contribution in [3.8, 4) is 22.9 Å². The summed E-state index contributed by atoms with van der Waals surface area (Å²) in [6.45, 7) is 6.31. The van der Waals surface area contributed by atoms with Crippen LogP contribution in [0.15, 0.2) is 65.8 Å². The minimum absolute atomic E-state index is 0.0414. The predicted molar refractivity (Wildman–Crippen MR) is 143 cm³/mol. The fourth-order valence-electron chi connectivity index (χ4n) is 5.07. The van der Waals surface area contributed by atoms with Crippen molar-refractivity contribution < 1.29 is 4.79 Å². The van der Waals surface area contributed by atoms with E-state index in [2.05, 4.69) is 59.3 Å². The van der Waals surface area contributed by atoms with E-state index in [1.165, 1.54) is 0 Å². The summed E-state index contributed by atoms with van der Waals surface area (Å²) in [5.74, 6) is 0.992. The van der Waals surface area contributed by atoms with E-state index in [0.717, 1.165) is 69.8 Å². The number of imidazole rings is 1. The molecule has 180 valence electrons. The first kappa shape index (κ1) is 23.5. The molecule has 1 atom stereocenters. The molecule has 1 unspecified atom stereocenters. The summed E-state index contributed by atoms with van der Waals surface area (Å²) in [7, 11) is 0. The van der Waals surface area contributed by atoms with Gasteiger partial charge in [-0.3, -0.25) is 9.36 Å². The van der Waals surface area contributed by atoms with Gasteiger partial charge < -0.3 is 0 Å². The maximum absolute atomic E-state index is 11.8. The fraction of sp³-hybridized carbons (Fsp3) is 0.267. The normalized spacial score (nSPS) is 15.4. The number of hydrazone groups is 1. The lowest BCUT2D eigenvalue weighted by molar-refractivity contribution is -0.121. The summed E-state index contributed by atoms with van der Waals surface area (Å²) in [4.78, 5) is 16.9. The molecule has 4 aromatic rings. The summed E-state index contributed by atoms with van der Waals surface area (Å²) >= 11 is 0. The van der Waals surface area contributed by atoms with Gasteiger partial charge in [-0.2, -0.15) is 10.4 Å². The van der Waals surface area contributed by atoms with E-state index in [1.807, 2.05) is 43.3 Å². The maximum atomic E-state index is 11.8. The minimum Gasteiger partial charge on any atom is -0.296 e. The Labute approximate surface area is 211 Å². The van der Waals surface area contributed by atoms with Crippen molar-refractivity contribution in [2.75, 3.05) is 0 Å². The van der Waals surface area contributed by atoms with Gasteiger partial charge in [-0.05, 0) is 37.1 Å². The number of nitrogens with one attached hydrogen (secondary N) is 1.